The molecule has 0 radical (unpaired) electrons. The molecule has 2 aliphatic heterocycles. The van der Waals surface area contributed by atoms with Crippen LogP contribution < -0.4 is 10.6 Å². The van der Waals surface area contributed by atoms with Gasteiger partial charge in [0.1, 0.15) is 6.04 Å². The highest BCUT2D eigenvalue weighted by atomic mass is 16.2. The molecule has 4 heteroatoms. The van der Waals surface area contributed by atoms with E-state index >= 15 is 0 Å². The smallest absolute Gasteiger partial charge is 0.241 e. The van der Waals surface area contributed by atoms with E-state index in [0.29, 0.717) is 6.54 Å². The van der Waals surface area contributed by atoms with Gasteiger partial charge < -0.3 is 5.32 Å². The van der Waals surface area contributed by atoms with Gasteiger partial charge in [-0.3, -0.25) is 15.0 Å². The lowest BCUT2D eigenvalue weighted by molar-refractivity contribution is -0.122. The van der Waals surface area contributed by atoms with E-state index in [4.69, 9.17) is 0 Å². The summed E-state index contributed by atoms with van der Waals surface area (Å²) in [5, 5.41) is 6.08. The fraction of sp³-hybridized carbons (Fsp3) is 0.471. The van der Waals surface area contributed by atoms with E-state index in [2.05, 4.69) is 39.8 Å². The summed E-state index contributed by atoms with van der Waals surface area (Å²) in [5.41, 5.74) is 2.50. The fourth-order valence-corrected chi connectivity index (χ4v) is 2.91. The second-order valence-electron chi connectivity index (χ2n) is 5.83. The molecule has 4 nitrogen and oxygen atoms in total. The summed E-state index contributed by atoms with van der Waals surface area (Å²) in [4.78, 5) is 14.4. The molecule has 1 aromatic carbocycles. The third kappa shape index (κ3) is 3.93. The average molecular weight is 285 g/mol. The molecule has 1 amide bonds. The zero-order valence-corrected chi connectivity index (χ0v) is 12.3. The number of benzene rings is 1. The van der Waals surface area contributed by atoms with Crippen LogP contribution in [0.1, 0.15) is 24.0 Å². The molecule has 2 N–H and O–H groups in total. The van der Waals surface area contributed by atoms with Crippen LogP contribution in [-0.4, -0.2) is 36.5 Å². The Labute approximate surface area is 126 Å². The molecule has 0 aliphatic carbocycles. The summed E-state index contributed by atoms with van der Waals surface area (Å²) in [6.07, 6.45) is 6.55. The molecule has 3 rings (SSSR count). The van der Waals surface area contributed by atoms with Crippen molar-refractivity contribution in [1.29, 1.82) is 0 Å². The van der Waals surface area contributed by atoms with Gasteiger partial charge >= 0.3 is 0 Å². The monoisotopic (exact) mass is 285 g/mol. The number of hydrogen-bond donors (Lipinski definition) is 2. The lowest BCUT2D eigenvalue weighted by Gasteiger charge is -2.15. The number of likely N-dealkylation sites (tertiary alicyclic amines) is 1. The number of nitrogens with zero attached hydrogens (tertiary/aromatic N) is 1. The first-order valence-electron chi connectivity index (χ1n) is 7.79. The van der Waals surface area contributed by atoms with Crippen molar-refractivity contribution in [1.82, 2.24) is 15.5 Å². The van der Waals surface area contributed by atoms with Gasteiger partial charge in [0.25, 0.3) is 0 Å². The molecule has 1 atom stereocenters. The van der Waals surface area contributed by atoms with Crippen molar-refractivity contribution in [2.45, 2.75) is 32.0 Å². The Morgan fingerprint density at radius 1 is 1.19 bits per heavy atom. The van der Waals surface area contributed by atoms with Gasteiger partial charge in [-0.2, -0.15) is 0 Å². The molecule has 2 heterocycles. The lowest BCUT2D eigenvalue weighted by atomic mass is 10.1. The summed E-state index contributed by atoms with van der Waals surface area (Å²) >= 11 is 0. The van der Waals surface area contributed by atoms with E-state index in [1.807, 2.05) is 12.2 Å². The number of hydrogen-bond acceptors (Lipinski definition) is 3. The van der Waals surface area contributed by atoms with Gasteiger partial charge in [-0.15, -0.1) is 0 Å². The highest BCUT2D eigenvalue weighted by Crippen LogP contribution is 2.13. The minimum absolute atomic E-state index is 0.0462. The first kappa shape index (κ1) is 14.3. The predicted molar refractivity (Wildman–Crippen MR) is 83.7 cm³/mol. The molecule has 112 valence electrons. The number of carbonyl (C=O) groups is 1. The second kappa shape index (κ2) is 6.87. The zero-order chi connectivity index (χ0) is 14.5. The molecule has 2 aliphatic rings. The molecule has 21 heavy (non-hydrogen) atoms. The van der Waals surface area contributed by atoms with Crippen molar-refractivity contribution in [3.05, 3.63) is 47.5 Å². The first-order chi connectivity index (χ1) is 10.3. The zero-order valence-electron chi connectivity index (χ0n) is 12.3. The van der Waals surface area contributed by atoms with E-state index in [1.54, 1.807) is 0 Å². The van der Waals surface area contributed by atoms with Gasteiger partial charge in [0, 0.05) is 19.6 Å². The Bertz CT molecular complexity index is 503. The fourth-order valence-electron chi connectivity index (χ4n) is 2.91. The maximum atomic E-state index is 11.9. The van der Waals surface area contributed by atoms with Crippen molar-refractivity contribution in [3.8, 4) is 0 Å². The van der Waals surface area contributed by atoms with Crippen LogP contribution in [0.2, 0.25) is 0 Å². The molecule has 0 saturated carbocycles. The molecule has 0 bridgehead atoms. The van der Waals surface area contributed by atoms with E-state index < -0.39 is 0 Å². The summed E-state index contributed by atoms with van der Waals surface area (Å²) in [6, 6.07) is 8.41. The lowest BCUT2D eigenvalue weighted by Crippen LogP contribution is -2.40. The Kier molecular flexibility index (Phi) is 4.68. The molecular weight excluding hydrogens is 262 g/mol. The molecule has 0 spiro atoms. The van der Waals surface area contributed by atoms with Crippen LogP contribution in [0.5, 0.6) is 0 Å². The van der Waals surface area contributed by atoms with Crippen molar-refractivity contribution < 1.29 is 4.79 Å². The maximum Gasteiger partial charge on any atom is 0.241 e. The van der Waals surface area contributed by atoms with Gasteiger partial charge in [0.15, 0.2) is 0 Å². The number of amides is 1. The molecule has 1 fully saturated rings. The van der Waals surface area contributed by atoms with Gasteiger partial charge in [-0.1, -0.05) is 36.4 Å². The Morgan fingerprint density at radius 3 is 2.57 bits per heavy atom. The van der Waals surface area contributed by atoms with Crippen LogP contribution in [0.4, 0.5) is 0 Å². The van der Waals surface area contributed by atoms with Crippen LogP contribution in [0.15, 0.2) is 36.4 Å². The van der Waals surface area contributed by atoms with Gasteiger partial charge in [-0.05, 0) is 37.1 Å². The molecule has 0 aromatic heterocycles. The minimum Gasteiger partial charge on any atom is -0.350 e. The van der Waals surface area contributed by atoms with E-state index in [9.17, 15) is 4.79 Å². The summed E-state index contributed by atoms with van der Waals surface area (Å²) in [6.45, 7) is 4.86. The highest BCUT2D eigenvalue weighted by molar-refractivity contribution is 5.84. The van der Waals surface area contributed by atoms with Gasteiger partial charge in [0.05, 0.1) is 0 Å². The average Bonchev–Trinajstić information content (AvgIpc) is 3.19. The van der Waals surface area contributed by atoms with Crippen molar-refractivity contribution in [3.63, 3.8) is 0 Å². The Hall–Kier alpha value is -1.65. The second-order valence-corrected chi connectivity index (χ2v) is 5.83. The molecular formula is C17H23N3O. The third-order valence-corrected chi connectivity index (χ3v) is 4.16. The Morgan fingerprint density at radius 2 is 1.90 bits per heavy atom. The van der Waals surface area contributed by atoms with E-state index in [0.717, 1.165) is 18.7 Å². The molecule has 1 aromatic rings. The quantitative estimate of drug-likeness (QED) is 0.804. The summed E-state index contributed by atoms with van der Waals surface area (Å²) in [7, 11) is 0. The summed E-state index contributed by atoms with van der Waals surface area (Å²) in [5.74, 6) is 0.0462. The van der Waals surface area contributed by atoms with Crippen LogP contribution in [0.3, 0.4) is 0 Å². The van der Waals surface area contributed by atoms with Gasteiger partial charge in [-0.25, -0.2) is 0 Å². The van der Waals surface area contributed by atoms with Crippen LogP contribution in [-0.2, 0) is 17.9 Å². The standard InChI is InChI=1S/C17H23N3O/c21-17(16-4-3-9-18-16)19-12-14-5-7-15(8-6-14)13-20-10-1-2-11-20/h3-8,16,18H,1-2,9-13H2,(H,19,21). The first-order valence-corrected chi connectivity index (χ1v) is 7.79. The normalized spacial score (nSPS) is 21.8. The SMILES string of the molecule is O=C(NCc1ccc(CN2CCCC2)cc1)C1C=CCN1. The van der Waals surface area contributed by atoms with Crippen LogP contribution in [0.25, 0.3) is 0 Å². The van der Waals surface area contributed by atoms with Gasteiger partial charge in [0.2, 0.25) is 5.91 Å². The van der Waals surface area contributed by atoms with Crippen LogP contribution >= 0.6 is 0 Å². The van der Waals surface area contributed by atoms with Crippen molar-refractivity contribution in [2.24, 2.45) is 0 Å². The number of rotatable bonds is 5. The van der Waals surface area contributed by atoms with E-state index in [1.165, 1.54) is 31.5 Å². The molecule has 1 unspecified atom stereocenters. The minimum atomic E-state index is -0.167. The van der Waals surface area contributed by atoms with E-state index in [-0.39, 0.29) is 11.9 Å². The Balaban J connectivity index is 1.47. The third-order valence-electron chi connectivity index (χ3n) is 4.16. The van der Waals surface area contributed by atoms with Crippen molar-refractivity contribution >= 4 is 5.91 Å². The number of nitrogens with one attached hydrogen (secondary N) is 2. The largest absolute Gasteiger partial charge is 0.350 e. The predicted octanol–water partition coefficient (Wildman–Crippen LogP) is 1.43. The number of carbonyl (C=O) groups excluding carboxylic acids is 1. The molecule has 1 saturated heterocycles. The highest BCUT2D eigenvalue weighted by Gasteiger charge is 2.16. The van der Waals surface area contributed by atoms with Crippen molar-refractivity contribution in [2.75, 3.05) is 19.6 Å². The maximum absolute atomic E-state index is 11.9. The summed E-state index contributed by atoms with van der Waals surface area (Å²) < 4.78 is 0. The topological polar surface area (TPSA) is 44.4 Å². The van der Waals surface area contributed by atoms with Crippen LogP contribution in [0, 0.1) is 0 Å².